The van der Waals surface area contributed by atoms with Gasteiger partial charge in [0.2, 0.25) is 12.1 Å². The molecule has 1 unspecified atom stereocenters. The summed E-state index contributed by atoms with van der Waals surface area (Å²) in [4.78, 5) is 31.3. The number of rotatable bonds is 7. The minimum Gasteiger partial charge on any atom is -0.364 e. The quantitative estimate of drug-likeness (QED) is 0.262. The predicted molar refractivity (Wildman–Crippen MR) is 112 cm³/mol. The van der Waals surface area contributed by atoms with Crippen molar-refractivity contribution in [1.82, 2.24) is 4.40 Å². The number of nitrogens with zero attached hydrogens (tertiary/aromatic N) is 3. The molecule has 1 aromatic carbocycles. The fraction of sp³-hybridized carbons (Fsp3) is 0.304. The number of oxime groups is 1. The van der Waals surface area contributed by atoms with Crippen LogP contribution in [-0.2, 0) is 16.1 Å². The number of ketones is 1. The van der Waals surface area contributed by atoms with Gasteiger partial charge in [-0.1, -0.05) is 35.0 Å². The standard InChI is InChI=1S/C23H24N3O4/c1-17-7-4-8-18(15-17)22(27)19-16-25(20-9-2-3-13-26(20)23(19)28)12-6-11-24-30-21-10-5-14-29-21/h2-4,7-9,11,13,15-16,21H,5-6,10,12,14H2,1H3/q+1/b24-11-. The van der Waals surface area contributed by atoms with Crippen LogP contribution < -0.4 is 10.1 Å². The van der Waals surface area contributed by atoms with Gasteiger partial charge in [-0.05, 0) is 25.5 Å². The number of hydrogen-bond donors (Lipinski definition) is 0. The Kier molecular flexibility index (Phi) is 5.99. The molecule has 2 aromatic heterocycles. The molecule has 4 rings (SSSR count). The van der Waals surface area contributed by atoms with Crippen molar-refractivity contribution in [2.45, 2.75) is 39.0 Å². The highest BCUT2D eigenvalue weighted by molar-refractivity contribution is 6.08. The SMILES string of the molecule is Cc1cccc(C(=O)c2c[n+](CC/C=N\OC3CCCO3)c3ccccn3c2=O)c1. The topological polar surface area (TPSA) is 73.2 Å². The third kappa shape index (κ3) is 4.31. The Morgan fingerprint density at radius 2 is 2.23 bits per heavy atom. The zero-order valence-corrected chi connectivity index (χ0v) is 16.9. The van der Waals surface area contributed by atoms with Crippen molar-refractivity contribution < 1.29 is 18.9 Å². The average Bonchev–Trinajstić information content (AvgIpc) is 3.28. The Labute approximate surface area is 174 Å². The zero-order chi connectivity index (χ0) is 20.9. The molecule has 154 valence electrons. The van der Waals surface area contributed by atoms with E-state index in [1.54, 1.807) is 36.8 Å². The van der Waals surface area contributed by atoms with Crippen molar-refractivity contribution in [3.63, 3.8) is 0 Å². The van der Waals surface area contributed by atoms with Gasteiger partial charge in [0.05, 0.1) is 19.3 Å². The number of hydrogen-bond acceptors (Lipinski definition) is 5. The summed E-state index contributed by atoms with van der Waals surface area (Å²) >= 11 is 0. The van der Waals surface area contributed by atoms with Gasteiger partial charge in [-0.15, -0.1) is 0 Å². The fourth-order valence-corrected chi connectivity index (χ4v) is 3.52. The Bertz CT molecular complexity index is 1150. The number of fused-ring (bicyclic) bond motifs is 1. The molecule has 7 nitrogen and oxygen atoms in total. The average molecular weight is 406 g/mol. The van der Waals surface area contributed by atoms with E-state index in [9.17, 15) is 9.59 Å². The molecule has 30 heavy (non-hydrogen) atoms. The van der Waals surface area contributed by atoms with Crippen molar-refractivity contribution in [1.29, 1.82) is 0 Å². The lowest BCUT2D eigenvalue weighted by molar-refractivity contribution is -0.673. The molecule has 1 atom stereocenters. The summed E-state index contributed by atoms with van der Waals surface area (Å²) in [6, 6.07) is 12.7. The Balaban J connectivity index is 1.60. The van der Waals surface area contributed by atoms with E-state index >= 15 is 0 Å². The van der Waals surface area contributed by atoms with Gasteiger partial charge in [0.25, 0.3) is 5.65 Å². The minimum absolute atomic E-state index is 0.136. The van der Waals surface area contributed by atoms with E-state index in [4.69, 9.17) is 9.57 Å². The maximum atomic E-state index is 13.1. The lowest BCUT2D eigenvalue weighted by atomic mass is 10.0. The summed E-state index contributed by atoms with van der Waals surface area (Å²) in [5.41, 5.74) is 1.98. The van der Waals surface area contributed by atoms with Crippen LogP contribution in [0.25, 0.3) is 5.65 Å². The normalized spacial score (nSPS) is 16.4. The van der Waals surface area contributed by atoms with Gasteiger partial charge >= 0.3 is 5.56 Å². The van der Waals surface area contributed by atoms with E-state index in [-0.39, 0.29) is 23.2 Å². The lowest BCUT2D eigenvalue weighted by Gasteiger charge is -2.07. The monoisotopic (exact) mass is 406 g/mol. The number of ether oxygens (including phenoxy) is 1. The molecule has 0 bridgehead atoms. The maximum absolute atomic E-state index is 13.1. The molecular formula is C23H24N3O4+. The van der Waals surface area contributed by atoms with Gasteiger partial charge in [0, 0.05) is 30.7 Å². The van der Waals surface area contributed by atoms with Crippen LogP contribution in [0.15, 0.2) is 64.8 Å². The minimum atomic E-state index is -0.330. The van der Waals surface area contributed by atoms with Crippen molar-refractivity contribution in [2.24, 2.45) is 5.16 Å². The number of benzene rings is 1. The van der Waals surface area contributed by atoms with E-state index in [1.165, 1.54) is 4.40 Å². The molecule has 0 spiro atoms. The first-order chi connectivity index (χ1) is 14.6. The van der Waals surface area contributed by atoms with Crippen molar-refractivity contribution in [2.75, 3.05) is 6.61 Å². The summed E-state index contributed by atoms with van der Waals surface area (Å²) in [5.74, 6) is -0.286. The van der Waals surface area contributed by atoms with E-state index in [1.807, 2.05) is 35.8 Å². The molecule has 0 saturated carbocycles. The van der Waals surface area contributed by atoms with Gasteiger partial charge in [-0.2, -0.15) is 4.40 Å². The molecule has 1 aliphatic heterocycles. The van der Waals surface area contributed by atoms with E-state index in [0.29, 0.717) is 30.8 Å². The fourth-order valence-electron chi connectivity index (χ4n) is 3.52. The highest BCUT2D eigenvalue weighted by Gasteiger charge is 2.22. The van der Waals surface area contributed by atoms with Gasteiger partial charge in [-0.3, -0.25) is 4.79 Å². The van der Waals surface area contributed by atoms with E-state index in [0.717, 1.165) is 18.4 Å². The van der Waals surface area contributed by atoms with Crippen LogP contribution in [-0.4, -0.2) is 29.3 Å². The van der Waals surface area contributed by atoms with Crippen LogP contribution in [0.2, 0.25) is 0 Å². The molecule has 1 fully saturated rings. The summed E-state index contributed by atoms with van der Waals surface area (Å²) in [6.07, 6.45) is 7.15. The second-order valence-corrected chi connectivity index (χ2v) is 7.29. The summed E-state index contributed by atoms with van der Waals surface area (Å²) in [5, 5.41) is 3.98. The number of carbonyl (C=O) groups excluding carboxylic acids is 1. The number of aromatic nitrogens is 2. The Hall–Kier alpha value is -3.32. The molecule has 3 heterocycles. The van der Waals surface area contributed by atoms with Crippen LogP contribution in [0, 0.1) is 6.92 Å². The maximum Gasteiger partial charge on any atom is 0.353 e. The molecule has 1 aliphatic rings. The van der Waals surface area contributed by atoms with Crippen molar-refractivity contribution in [3.8, 4) is 0 Å². The summed E-state index contributed by atoms with van der Waals surface area (Å²) in [7, 11) is 0. The number of carbonyl (C=O) groups is 1. The van der Waals surface area contributed by atoms with Crippen molar-refractivity contribution >= 4 is 17.6 Å². The second kappa shape index (κ2) is 9.00. The smallest absolute Gasteiger partial charge is 0.353 e. The first kappa shape index (κ1) is 20.0. The highest BCUT2D eigenvalue weighted by atomic mass is 16.8. The molecule has 7 heteroatoms. The summed E-state index contributed by atoms with van der Waals surface area (Å²) in [6.45, 7) is 3.17. The molecule has 1 saturated heterocycles. The Morgan fingerprint density at radius 3 is 3.03 bits per heavy atom. The van der Waals surface area contributed by atoms with Gasteiger partial charge in [0.1, 0.15) is 6.20 Å². The predicted octanol–water partition coefficient (Wildman–Crippen LogP) is 2.66. The number of pyridine rings is 1. The zero-order valence-electron chi connectivity index (χ0n) is 16.9. The van der Waals surface area contributed by atoms with Crippen LogP contribution in [0.3, 0.4) is 0 Å². The summed E-state index contributed by atoms with van der Waals surface area (Å²) < 4.78 is 8.76. The number of aryl methyl sites for hydroxylation is 2. The van der Waals surface area contributed by atoms with Crippen LogP contribution in [0.1, 0.15) is 40.7 Å². The second-order valence-electron chi connectivity index (χ2n) is 7.29. The molecule has 0 radical (unpaired) electrons. The van der Waals surface area contributed by atoms with Crippen LogP contribution in [0.4, 0.5) is 0 Å². The highest BCUT2D eigenvalue weighted by Crippen LogP contribution is 2.13. The van der Waals surface area contributed by atoms with Crippen molar-refractivity contribution in [3.05, 3.63) is 81.9 Å². The molecule has 3 aromatic rings. The van der Waals surface area contributed by atoms with E-state index in [2.05, 4.69) is 5.16 Å². The van der Waals surface area contributed by atoms with Crippen LogP contribution >= 0.6 is 0 Å². The first-order valence-corrected chi connectivity index (χ1v) is 10.1. The third-order valence-corrected chi connectivity index (χ3v) is 5.03. The molecule has 0 amide bonds. The first-order valence-electron chi connectivity index (χ1n) is 10.1. The van der Waals surface area contributed by atoms with Gasteiger partial charge < -0.3 is 9.57 Å². The molecular weight excluding hydrogens is 382 g/mol. The Morgan fingerprint density at radius 1 is 1.33 bits per heavy atom. The van der Waals surface area contributed by atoms with Crippen LogP contribution in [0.5, 0.6) is 0 Å². The van der Waals surface area contributed by atoms with Gasteiger partial charge in [0.15, 0.2) is 5.56 Å². The lowest BCUT2D eigenvalue weighted by Crippen LogP contribution is -2.42. The van der Waals surface area contributed by atoms with Gasteiger partial charge in [-0.25, -0.2) is 9.36 Å². The molecule has 0 aliphatic carbocycles. The van der Waals surface area contributed by atoms with E-state index < -0.39 is 0 Å². The largest absolute Gasteiger partial charge is 0.364 e. The third-order valence-electron chi connectivity index (χ3n) is 5.03. The molecule has 0 N–H and O–H groups in total.